The van der Waals surface area contributed by atoms with Crippen LogP contribution in [0.4, 0.5) is 0 Å². The molecule has 1 aliphatic rings. The van der Waals surface area contributed by atoms with Gasteiger partial charge in [0.15, 0.2) is 5.78 Å². The number of carbonyl (C=O) groups is 2. The third-order valence-corrected chi connectivity index (χ3v) is 4.78. The Bertz CT molecular complexity index is 1060. The van der Waals surface area contributed by atoms with Crippen molar-refractivity contribution >= 4 is 22.5 Å². The van der Waals surface area contributed by atoms with Crippen molar-refractivity contribution in [2.45, 2.75) is 6.54 Å². The molecule has 0 bridgehead atoms. The zero-order chi connectivity index (χ0) is 17.9. The first-order valence-corrected chi connectivity index (χ1v) is 8.08. The van der Waals surface area contributed by atoms with Crippen molar-refractivity contribution in [2.24, 2.45) is 7.05 Å². The SMILES string of the molecule is CN(C)Cc1c(O)ccc2c1c1c(n2C)C(=O)c2ccccc2C1=O. The quantitative estimate of drug-likeness (QED) is 0.612. The summed E-state index contributed by atoms with van der Waals surface area (Å²) in [5.41, 5.74) is 3.09. The van der Waals surface area contributed by atoms with E-state index in [9.17, 15) is 14.7 Å². The molecule has 0 spiro atoms. The second-order valence-corrected chi connectivity index (χ2v) is 6.68. The molecule has 0 aliphatic heterocycles. The molecule has 0 atom stereocenters. The maximum Gasteiger partial charge on any atom is 0.210 e. The van der Waals surface area contributed by atoms with Gasteiger partial charge in [0.1, 0.15) is 11.4 Å². The van der Waals surface area contributed by atoms with Gasteiger partial charge in [-0.05, 0) is 26.2 Å². The van der Waals surface area contributed by atoms with E-state index in [2.05, 4.69) is 0 Å². The summed E-state index contributed by atoms with van der Waals surface area (Å²) in [6, 6.07) is 10.3. The molecule has 0 unspecified atom stereocenters. The van der Waals surface area contributed by atoms with E-state index in [1.165, 1.54) is 0 Å². The van der Waals surface area contributed by atoms with Crippen LogP contribution in [0.25, 0.3) is 10.9 Å². The van der Waals surface area contributed by atoms with Crippen LogP contribution in [0, 0.1) is 0 Å². The Morgan fingerprint density at radius 3 is 2.28 bits per heavy atom. The van der Waals surface area contributed by atoms with Crippen LogP contribution in [0.1, 0.15) is 37.5 Å². The molecular weight excluding hydrogens is 316 g/mol. The van der Waals surface area contributed by atoms with Crippen LogP contribution < -0.4 is 0 Å². The molecule has 4 rings (SSSR count). The Labute approximate surface area is 145 Å². The van der Waals surface area contributed by atoms with Gasteiger partial charge in [0, 0.05) is 41.2 Å². The Morgan fingerprint density at radius 2 is 1.64 bits per heavy atom. The van der Waals surface area contributed by atoms with E-state index < -0.39 is 0 Å². The minimum Gasteiger partial charge on any atom is -0.508 e. The van der Waals surface area contributed by atoms with Gasteiger partial charge in [0.25, 0.3) is 0 Å². The van der Waals surface area contributed by atoms with Crippen LogP contribution in [0.2, 0.25) is 0 Å². The van der Waals surface area contributed by atoms with E-state index in [0.717, 1.165) is 5.52 Å². The first-order valence-electron chi connectivity index (χ1n) is 8.08. The number of nitrogens with zero attached hydrogens (tertiary/aromatic N) is 2. The summed E-state index contributed by atoms with van der Waals surface area (Å²) in [4.78, 5) is 28.1. The number of rotatable bonds is 2. The lowest BCUT2D eigenvalue weighted by Gasteiger charge is -2.17. The summed E-state index contributed by atoms with van der Waals surface area (Å²) in [6.07, 6.45) is 0. The summed E-state index contributed by atoms with van der Waals surface area (Å²) in [7, 11) is 5.59. The second kappa shape index (κ2) is 5.29. The van der Waals surface area contributed by atoms with Crippen molar-refractivity contribution in [1.82, 2.24) is 9.47 Å². The van der Waals surface area contributed by atoms with Gasteiger partial charge < -0.3 is 14.6 Å². The molecule has 3 aromatic rings. The summed E-state index contributed by atoms with van der Waals surface area (Å²) >= 11 is 0. The molecule has 2 aromatic carbocycles. The molecule has 0 radical (unpaired) electrons. The first kappa shape index (κ1) is 15.6. The predicted octanol–water partition coefficient (Wildman–Crippen LogP) is 2.72. The van der Waals surface area contributed by atoms with E-state index >= 15 is 0 Å². The lowest BCUT2D eigenvalue weighted by Crippen LogP contribution is -2.22. The average molecular weight is 334 g/mol. The number of phenols is 1. The van der Waals surface area contributed by atoms with Gasteiger partial charge in [0.05, 0.1) is 5.56 Å². The number of benzene rings is 2. The summed E-state index contributed by atoms with van der Waals surface area (Å²) in [6.45, 7) is 0.475. The number of hydrogen-bond acceptors (Lipinski definition) is 4. The first-order chi connectivity index (χ1) is 11.9. The van der Waals surface area contributed by atoms with Crippen molar-refractivity contribution in [3.63, 3.8) is 0 Å². The lowest BCUT2D eigenvalue weighted by atomic mass is 9.86. The fraction of sp³-hybridized carbons (Fsp3) is 0.200. The van der Waals surface area contributed by atoms with Crippen molar-refractivity contribution in [1.29, 1.82) is 0 Å². The summed E-state index contributed by atoms with van der Waals surface area (Å²) in [5.74, 6) is -0.186. The molecule has 1 aliphatic carbocycles. The highest BCUT2D eigenvalue weighted by molar-refractivity contribution is 6.32. The molecule has 1 heterocycles. The second-order valence-electron chi connectivity index (χ2n) is 6.68. The van der Waals surface area contributed by atoms with Gasteiger partial charge in [-0.15, -0.1) is 0 Å². The third kappa shape index (κ3) is 2.06. The van der Waals surface area contributed by atoms with Gasteiger partial charge in [0.2, 0.25) is 5.78 Å². The zero-order valence-electron chi connectivity index (χ0n) is 14.3. The number of fused-ring (bicyclic) bond motifs is 4. The topological polar surface area (TPSA) is 62.5 Å². The number of ketones is 2. The van der Waals surface area contributed by atoms with Crippen LogP contribution in [0.15, 0.2) is 36.4 Å². The molecule has 0 saturated carbocycles. The molecular formula is C20H18N2O3. The van der Waals surface area contributed by atoms with Crippen LogP contribution in [-0.2, 0) is 13.6 Å². The normalized spacial score (nSPS) is 13.4. The number of carbonyl (C=O) groups excluding carboxylic acids is 2. The number of aryl methyl sites for hydroxylation is 1. The monoisotopic (exact) mass is 334 g/mol. The summed E-state index contributed by atoms with van der Waals surface area (Å²) < 4.78 is 1.76. The number of aromatic hydroxyl groups is 1. The molecule has 1 N–H and O–H groups in total. The van der Waals surface area contributed by atoms with Gasteiger partial charge >= 0.3 is 0 Å². The molecule has 25 heavy (non-hydrogen) atoms. The van der Waals surface area contributed by atoms with E-state index in [0.29, 0.717) is 39.9 Å². The minimum atomic E-state index is -0.165. The summed E-state index contributed by atoms with van der Waals surface area (Å²) in [5, 5.41) is 11.0. The molecule has 126 valence electrons. The Balaban J connectivity index is 2.13. The largest absolute Gasteiger partial charge is 0.508 e. The highest BCUT2D eigenvalue weighted by atomic mass is 16.3. The Morgan fingerprint density at radius 1 is 1.00 bits per heavy atom. The van der Waals surface area contributed by atoms with Crippen LogP contribution in [0.3, 0.4) is 0 Å². The van der Waals surface area contributed by atoms with Gasteiger partial charge in [-0.3, -0.25) is 9.59 Å². The fourth-order valence-electron chi connectivity index (χ4n) is 3.69. The smallest absolute Gasteiger partial charge is 0.210 e. The maximum atomic E-state index is 13.2. The van der Waals surface area contributed by atoms with Crippen molar-refractivity contribution < 1.29 is 14.7 Å². The third-order valence-electron chi connectivity index (χ3n) is 4.78. The lowest BCUT2D eigenvalue weighted by molar-refractivity contribution is 0.0975. The maximum absolute atomic E-state index is 13.2. The van der Waals surface area contributed by atoms with Crippen LogP contribution in [-0.4, -0.2) is 40.2 Å². The molecule has 1 aromatic heterocycles. The number of aromatic nitrogens is 1. The van der Waals surface area contributed by atoms with Gasteiger partial charge in [-0.2, -0.15) is 0 Å². The van der Waals surface area contributed by atoms with E-state index in [-0.39, 0.29) is 17.3 Å². The Hall–Kier alpha value is -2.92. The fourth-order valence-corrected chi connectivity index (χ4v) is 3.69. The standard InChI is InChI=1S/C20H18N2O3/c1-21(2)10-13-15(23)9-8-14-16(13)17-18(22(14)3)20(25)12-7-5-4-6-11(12)19(17)24/h4-9,23H,10H2,1-3H3. The number of phenolic OH excluding ortho intramolecular Hbond substituents is 1. The van der Waals surface area contributed by atoms with E-state index in [4.69, 9.17) is 0 Å². The van der Waals surface area contributed by atoms with E-state index in [1.54, 1.807) is 48.0 Å². The molecule has 0 amide bonds. The highest BCUT2D eigenvalue weighted by Crippen LogP contribution is 2.39. The van der Waals surface area contributed by atoms with Crippen LogP contribution in [0.5, 0.6) is 5.75 Å². The van der Waals surface area contributed by atoms with Crippen molar-refractivity contribution in [3.05, 3.63) is 64.3 Å². The van der Waals surface area contributed by atoms with Crippen molar-refractivity contribution in [2.75, 3.05) is 14.1 Å². The van der Waals surface area contributed by atoms with Crippen molar-refractivity contribution in [3.8, 4) is 5.75 Å². The highest BCUT2D eigenvalue weighted by Gasteiger charge is 2.35. The predicted molar refractivity (Wildman–Crippen MR) is 95.3 cm³/mol. The van der Waals surface area contributed by atoms with E-state index in [1.807, 2.05) is 19.0 Å². The Kier molecular flexibility index (Phi) is 3.30. The molecule has 5 heteroatoms. The molecule has 0 fully saturated rings. The van der Waals surface area contributed by atoms with Crippen LogP contribution >= 0.6 is 0 Å². The zero-order valence-corrected chi connectivity index (χ0v) is 14.3. The number of hydrogen-bond donors (Lipinski definition) is 1. The van der Waals surface area contributed by atoms with Gasteiger partial charge in [-0.25, -0.2) is 0 Å². The average Bonchev–Trinajstić information content (AvgIpc) is 2.88. The molecule has 0 saturated heterocycles. The van der Waals surface area contributed by atoms with Gasteiger partial charge in [-0.1, -0.05) is 24.3 Å². The molecule has 5 nitrogen and oxygen atoms in total. The minimum absolute atomic E-state index is 0.133.